The molecule has 0 aliphatic heterocycles. The van der Waals surface area contributed by atoms with Crippen LogP contribution in [0.3, 0.4) is 0 Å². The molecule has 1 aromatic heterocycles. The number of rotatable bonds is 6. The van der Waals surface area contributed by atoms with Crippen molar-refractivity contribution in [3.8, 4) is 17.2 Å². The molecule has 1 N–H and O–H groups in total. The number of aromatic nitrogens is 2. The molecule has 2 aromatic carbocycles. The molecule has 1 aliphatic carbocycles. The van der Waals surface area contributed by atoms with Crippen LogP contribution in [0.4, 0.5) is 0 Å². The Labute approximate surface area is 179 Å². The van der Waals surface area contributed by atoms with Gasteiger partial charge in [0.25, 0.3) is 5.56 Å². The van der Waals surface area contributed by atoms with Crippen molar-refractivity contribution in [2.24, 2.45) is 0 Å². The van der Waals surface area contributed by atoms with Crippen molar-refractivity contribution in [2.75, 3.05) is 7.11 Å². The first-order valence-corrected chi connectivity index (χ1v) is 10.7. The van der Waals surface area contributed by atoms with E-state index in [1.165, 1.54) is 11.8 Å². The lowest BCUT2D eigenvalue weighted by Crippen LogP contribution is -2.26. The number of aliphatic hydroxyl groups excluding tert-OH is 1. The van der Waals surface area contributed by atoms with E-state index in [2.05, 4.69) is 4.98 Å². The molecule has 0 radical (unpaired) electrons. The van der Waals surface area contributed by atoms with Gasteiger partial charge in [-0.25, -0.2) is 4.98 Å². The fourth-order valence-electron chi connectivity index (χ4n) is 3.50. The third-order valence-corrected chi connectivity index (χ3v) is 6.15. The smallest absolute Gasteiger partial charge is 0.287 e. The van der Waals surface area contributed by atoms with E-state index in [4.69, 9.17) is 9.47 Å². The molecule has 2 atom stereocenters. The highest BCUT2D eigenvalue weighted by molar-refractivity contribution is 7.99. The minimum Gasteiger partial charge on any atom is -0.493 e. The number of aryl methyl sites for hydroxylation is 1. The lowest BCUT2D eigenvalue weighted by Gasteiger charge is -2.19. The molecule has 1 heterocycles. The second-order valence-electron chi connectivity index (χ2n) is 7.31. The average Bonchev–Trinajstić information content (AvgIpc) is 3.16. The topological polar surface area (TPSA) is 73.6 Å². The summed E-state index contributed by atoms with van der Waals surface area (Å²) in [6.07, 6.45) is 5.07. The number of methoxy groups -OCH3 is 1. The number of hydrogen-bond acceptors (Lipinski definition) is 6. The molecule has 0 amide bonds. The summed E-state index contributed by atoms with van der Waals surface area (Å²) in [4.78, 5) is 18.2. The summed E-state index contributed by atoms with van der Waals surface area (Å²) in [7, 11) is 1.56. The predicted octanol–water partition coefficient (Wildman–Crippen LogP) is 3.99. The number of benzene rings is 2. The van der Waals surface area contributed by atoms with E-state index in [-0.39, 0.29) is 11.7 Å². The van der Waals surface area contributed by atoms with Crippen LogP contribution in [0, 0.1) is 6.92 Å². The maximum absolute atomic E-state index is 13.0. The summed E-state index contributed by atoms with van der Waals surface area (Å²) < 4.78 is 13.0. The number of hydrogen-bond donors (Lipinski definition) is 1. The molecule has 156 valence electrons. The number of ether oxygens (including phenoxy) is 2. The predicted molar refractivity (Wildman–Crippen MR) is 116 cm³/mol. The first-order chi connectivity index (χ1) is 14.5. The van der Waals surface area contributed by atoms with E-state index in [0.29, 0.717) is 22.2 Å². The Balaban J connectivity index is 1.62. The first-order valence-electron chi connectivity index (χ1n) is 9.90. The molecule has 1 saturated carbocycles. The zero-order valence-corrected chi connectivity index (χ0v) is 17.8. The van der Waals surface area contributed by atoms with Gasteiger partial charge in [-0.3, -0.25) is 9.36 Å². The van der Waals surface area contributed by atoms with Crippen LogP contribution >= 0.6 is 11.8 Å². The molecule has 1 fully saturated rings. The highest BCUT2D eigenvalue weighted by atomic mass is 32.2. The number of nitrogens with zero attached hydrogens (tertiary/aromatic N) is 2. The van der Waals surface area contributed by atoms with Crippen molar-refractivity contribution in [3.63, 3.8) is 0 Å². The van der Waals surface area contributed by atoms with Gasteiger partial charge < -0.3 is 14.6 Å². The summed E-state index contributed by atoms with van der Waals surface area (Å²) in [5.41, 5.74) is 1.62. The number of aliphatic hydroxyl groups is 1. The third kappa shape index (κ3) is 4.37. The SMILES string of the molecule is COc1cc(-n2ccnc(Sc3ccc(C)cc3)c2=O)ccc1O[C@H]1CCC[C@H]1O. The van der Waals surface area contributed by atoms with Crippen molar-refractivity contribution in [1.82, 2.24) is 9.55 Å². The molecule has 1 aliphatic rings. The second-order valence-corrected chi connectivity index (χ2v) is 8.37. The Hall–Kier alpha value is -2.77. The van der Waals surface area contributed by atoms with Crippen LogP contribution in [-0.4, -0.2) is 34.0 Å². The van der Waals surface area contributed by atoms with Crippen molar-refractivity contribution in [2.45, 2.75) is 48.3 Å². The Morgan fingerprint density at radius 2 is 1.93 bits per heavy atom. The summed E-state index contributed by atoms with van der Waals surface area (Å²) in [5, 5.41) is 10.4. The Bertz CT molecular complexity index is 1080. The quantitative estimate of drug-likeness (QED) is 0.645. The van der Waals surface area contributed by atoms with Gasteiger partial charge in [0, 0.05) is 23.4 Å². The normalized spacial score (nSPS) is 18.4. The van der Waals surface area contributed by atoms with E-state index < -0.39 is 6.10 Å². The Morgan fingerprint density at radius 3 is 2.63 bits per heavy atom. The second kappa shape index (κ2) is 8.93. The molecule has 0 saturated heterocycles. The molecule has 3 aromatic rings. The van der Waals surface area contributed by atoms with E-state index in [9.17, 15) is 9.90 Å². The minimum atomic E-state index is -0.460. The van der Waals surface area contributed by atoms with E-state index >= 15 is 0 Å². The molecule has 0 bridgehead atoms. The standard InChI is InChI=1S/C23H24N2O4S/c1-15-6-9-17(10-7-15)30-22-23(27)25(13-12-24-22)16-8-11-20(21(14-16)28-2)29-19-5-3-4-18(19)26/h6-14,18-19,26H,3-5H2,1-2H3/t18-,19+/m1/s1. The summed E-state index contributed by atoms with van der Waals surface area (Å²) >= 11 is 1.34. The molecule has 0 spiro atoms. The van der Waals surface area contributed by atoms with Crippen LogP contribution in [0.1, 0.15) is 24.8 Å². The van der Waals surface area contributed by atoms with Crippen LogP contribution in [-0.2, 0) is 0 Å². The van der Waals surface area contributed by atoms with E-state index in [1.54, 1.807) is 42.3 Å². The van der Waals surface area contributed by atoms with Gasteiger partial charge in [-0.05, 0) is 50.5 Å². The molecule has 7 heteroatoms. The maximum Gasteiger partial charge on any atom is 0.287 e. The lowest BCUT2D eigenvalue weighted by atomic mass is 10.2. The van der Waals surface area contributed by atoms with Crippen LogP contribution in [0.25, 0.3) is 5.69 Å². The lowest BCUT2D eigenvalue weighted by molar-refractivity contribution is 0.0586. The van der Waals surface area contributed by atoms with Crippen molar-refractivity contribution < 1.29 is 14.6 Å². The molecule has 4 rings (SSSR count). The Morgan fingerprint density at radius 1 is 1.13 bits per heavy atom. The van der Waals surface area contributed by atoms with Crippen LogP contribution in [0.5, 0.6) is 11.5 Å². The van der Waals surface area contributed by atoms with E-state index in [1.807, 2.05) is 31.2 Å². The minimum absolute atomic E-state index is 0.204. The van der Waals surface area contributed by atoms with Gasteiger partial charge in [0.1, 0.15) is 6.10 Å². The molecular formula is C23H24N2O4S. The van der Waals surface area contributed by atoms with Crippen molar-refractivity contribution >= 4 is 11.8 Å². The van der Waals surface area contributed by atoms with Crippen LogP contribution in [0.2, 0.25) is 0 Å². The van der Waals surface area contributed by atoms with Gasteiger partial charge in [0.15, 0.2) is 16.5 Å². The van der Waals surface area contributed by atoms with Crippen molar-refractivity contribution in [3.05, 3.63) is 70.8 Å². The van der Waals surface area contributed by atoms with Gasteiger partial charge >= 0.3 is 0 Å². The van der Waals surface area contributed by atoms with Gasteiger partial charge in [-0.15, -0.1) is 0 Å². The highest BCUT2D eigenvalue weighted by Gasteiger charge is 2.27. The van der Waals surface area contributed by atoms with Crippen molar-refractivity contribution in [1.29, 1.82) is 0 Å². The average molecular weight is 425 g/mol. The molecular weight excluding hydrogens is 400 g/mol. The van der Waals surface area contributed by atoms with E-state index in [0.717, 1.165) is 29.7 Å². The first kappa shape index (κ1) is 20.5. The summed E-state index contributed by atoms with van der Waals surface area (Å²) in [6, 6.07) is 13.3. The van der Waals surface area contributed by atoms with Crippen LogP contribution in [0.15, 0.2) is 69.6 Å². The fourth-order valence-corrected chi connectivity index (χ4v) is 4.29. The monoisotopic (exact) mass is 424 g/mol. The van der Waals surface area contributed by atoms with Gasteiger partial charge in [-0.2, -0.15) is 0 Å². The van der Waals surface area contributed by atoms with Gasteiger partial charge in [0.2, 0.25) is 0 Å². The van der Waals surface area contributed by atoms with Crippen LogP contribution < -0.4 is 15.0 Å². The van der Waals surface area contributed by atoms with Gasteiger partial charge in [-0.1, -0.05) is 29.5 Å². The molecule has 6 nitrogen and oxygen atoms in total. The zero-order chi connectivity index (χ0) is 21.1. The Kier molecular flexibility index (Phi) is 6.11. The zero-order valence-electron chi connectivity index (χ0n) is 16.9. The fraction of sp³-hybridized carbons (Fsp3) is 0.304. The molecule has 0 unspecified atom stereocenters. The summed E-state index contributed by atoms with van der Waals surface area (Å²) in [5.74, 6) is 1.08. The summed E-state index contributed by atoms with van der Waals surface area (Å²) in [6.45, 7) is 2.02. The maximum atomic E-state index is 13.0. The van der Waals surface area contributed by atoms with Gasteiger partial charge in [0.05, 0.1) is 18.9 Å². The highest BCUT2D eigenvalue weighted by Crippen LogP contribution is 2.33. The largest absolute Gasteiger partial charge is 0.493 e. The molecule has 30 heavy (non-hydrogen) atoms. The third-order valence-electron chi connectivity index (χ3n) is 5.17.